The first-order chi connectivity index (χ1) is 9.50. The van der Waals surface area contributed by atoms with E-state index in [-0.39, 0.29) is 5.25 Å². The highest BCUT2D eigenvalue weighted by atomic mass is 32.2. The number of nitro benzene ring substituents is 1. The van der Waals surface area contributed by atoms with Gasteiger partial charge in [0.25, 0.3) is 5.91 Å². The van der Waals surface area contributed by atoms with Gasteiger partial charge >= 0.3 is 5.69 Å². The highest BCUT2D eigenvalue weighted by Crippen LogP contribution is 2.26. The van der Waals surface area contributed by atoms with Crippen LogP contribution in [0.4, 0.5) is 14.5 Å². The molecule has 0 aliphatic carbocycles. The van der Waals surface area contributed by atoms with Gasteiger partial charge in [-0.25, -0.2) is 4.39 Å². The average Bonchev–Trinajstić information content (AvgIpc) is 2.89. The van der Waals surface area contributed by atoms with E-state index in [2.05, 4.69) is 5.32 Å². The Morgan fingerprint density at radius 3 is 2.85 bits per heavy atom. The second kappa shape index (κ2) is 6.17. The number of hydrogen-bond donors (Lipinski definition) is 1. The second-order valence-corrected chi connectivity index (χ2v) is 5.77. The Labute approximate surface area is 117 Å². The summed E-state index contributed by atoms with van der Waals surface area (Å²) >= 11 is 1.69. The SMILES string of the molecule is O=C(NCC1CCCS1)c1c(F)ccc([N+](=O)[O-])c1F. The summed E-state index contributed by atoms with van der Waals surface area (Å²) < 4.78 is 27.3. The van der Waals surface area contributed by atoms with E-state index in [0.29, 0.717) is 12.6 Å². The molecule has 0 spiro atoms. The Morgan fingerprint density at radius 2 is 2.25 bits per heavy atom. The zero-order valence-corrected chi connectivity index (χ0v) is 11.2. The minimum absolute atomic E-state index is 0.226. The fraction of sp³-hybridized carbons (Fsp3) is 0.417. The molecule has 1 aromatic carbocycles. The molecule has 0 saturated carbocycles. The van der Waals surface area contributed by atoms with Crippen LogP contribution in [0, 0.1) is 21.7 Å². The van der Waals surface area contributed by atoms with Crippen molar-refractivity contribution in [2.45, 2.75) is 18.1 Å². The van der Waals surface area contributed by atoms with E-state index < -0.39 is 33.7 Å². The second-order valence-electron chi connectivity index (χ2n) is 4.36. The topological polar surface area (TPSA) is 72.2 Å². The summed E-state index contributed by atoms with van der Waals surface area (Å²) in [7, 11) is 0. The predicted molar refractivity (Wildman–Crippen MR) is 70.8 cm³/mol. The summed E-state index contributed by atoms with van der Waals surface area (Å²) in [6, 6.07) is 1.43. The predicted octanol–water partition coefficient (Wildman–Crippen LogP) is 2.50. The van der Waals surface area contributed by atoms with Gasteiger partial charge in [0, 0.05) is 17.9 Å². The van der Waals surface area contributed by atoms with Gasteiger partial charge in [0.15, 0.2) is 0 Å². The molecule has 1 aliphatic rings. The summed E-state index contributed by atoms with van der Waals surface area (Å²) in [5.74, 6) is -2.51. The van der Waals surface area contributed by atoms with Gasteiger partial charge in [-0.3, -0.25) is 14.9 Å². The molecule has 1 saturated heterocycles. The lowest BCUT2D eigenvalue weighted by molar-refractivity contribution is -0.387. The first-order valence-electron chi connectivity index (χ1n) is 6.03. The van der Waals surface area contributed by atoms with E-state index in [4.69, 9.17) is 0 Å². The van der Waals surface area contributed by atoms with Crippen LogP contribution in [0.5, 0.6) is 0 Å². The van der Waals surface area contributed by atoms with Gasteiger partial charge in [0.2, 0.25) is 5.82 Å². The van der Waals surface area contributed by atoms with Crippen LogP contribution in [0.2, 0.25) is 0 Å². The number of nitro groups is 1. The van der Waals surface area contributed by atoms with Gasteiger partial charge in [-0.2, -0.15) is 16.2 Å². The van der Waals surface area contributed by atoms with Crippen LogP contribution in [0.3, 0.4) is 0 Å². The molecule has 108 valence electrons. The highest BCUT2D eigenvalue weighted by Gasteiger charge is 2.26. The summed E-state index contributed by atoms with van der Waals surface area (Å²) in [6.45, 7) is 0.297. The first kappa shape index (κ1) is 14.7. The number of halogens is 2. The molecule has 0 radical (unpaired) electrons. The Bertz CT molecular complexity index is 548. The molecule has 5 nitrogen and oxygen atoms in total. The number of benzene rings is 1. The molecule has 20 heavy (non-hydrogen) atoms. The van der Waals surface area contributed by atoms with Crippen molar-refractivity contribution in [2.75, 3.05) is 12.3 Å². The minimum atomic E-state index is -1.44. The summed E-state index contributed by atoms with van der Waals surface area (Å²) in [5, 5.41) is 13.2. The lowest BCUT2D eigenvalue weighted by atomic mass is 10.1. The third kappa shape index (κ3) is 3.06. The third-order valence-electron chi connectivity index (χ3n) is 3.01. The van der Waals surface area contributed by atoms with E-state index in [1.54, 1.807) is 11.8 Å². The monoisotopic (exact) mass is 302 g/mol. The molecule has 1 fully saturated rings. The maximum Gasteiger partial charge on any atom is 0.305 e. The summed E-state index contributed by atoms with van der Waals surface area (Å²) in [6.07, 6.45) is 1.98. The van der Waals surface area contributed by atoms with Gasteiger partial charge < -0.3 is 5.32 Å². The maximum absolute atomic E-state index is 13.8. The standard InChI is InChI=1S/C12H12F2N2O3S/c13-8-3-4-9(16(18)19)11(14)10(8)12(17)15-6-7-2-1-5-20-7/h3-4,7H,1-2,5-6H2,(H,15,17). The molecular weight excluding hydrogens is 290 g/mol. The molecule has 1 N–H and O–H groups in total. The van der Waals surface area contributed by atoms with Crippen molar-refractivity contribution < 1.29 is 18.5 Å². The van der Waals surface area contributed by atoms with Gasteiger partial charge in [0.05, 0.1) is 4.92 Å². The molecule has 1 atom stereocenters. The fourth-order valence-electron chi connectivity index (χ4n) is 1.99. The van der Waals surface area contributed by atoms with Crippen molar-refractivity contribution in [3.05, 3.63) is 39.4 Å². The quantitative estimate of drug-likeness (QED) is 0.685. The van der Waals surface area contributed by atoms with Crippen molar-refractivity contribution in [1.29, 1.82) is 0 Å². The Balaban J connectivity index is 2.15. The van der Waals surface area contributed by atoms with Crippen LogP contribution >= 0.6 is 11.8 Å². The lowest BCUT2D eigenvalue weighted by Gasteiger charge is -2.11. The van der Waals surface area contributed by atoms with Crippen LogP contribution in [0.15, 0.2) is 12.1 Å². The lowest BCUT2D eigenvalue weighted by Crippen LogP contribution is -2.31. The van der Waals surface area contributed by atoms with Crippen LogP contribution in [-0.2, 0) is 0 Å². The third-order valence-corrected chi connectivity index (χ3v) is 4.41. The maximum atomic E-state index is 13.8. The normalized spacial score (nSPS) is 18.0. The Kier molecular flexibility index (Phi) is 4.53. The van der Waals surface area contributed by atoms with E-state index in [0.717, 1.165) is 24.7 Å². The number of rotatable bonds is 4. The van der Waals surface area contributed by atoms with E-state index in [1.165, 1.54) is 0 Å². The molecule has 8 heteroatoms. The number of nitrogens with zero attached hydrogens (tertiary/aromatic N) is 1. The molecule has 2 rings (SSSR count). The zero-order valence-electron chi connectivity index (χ0n) is 10.4. The molecule has 1 heterocycles. The van der Waals surface area contributed by atoms with Crippen molar-refractivity contribution in [2.24, 2.45) is 0 Å². The van der Waals surface area contributed by atoms with Crippen molar-refractivity contribution in [3.8, 4) is 0 Å². The average molecular weight is 302 g/mol. The van der Waals surface area contributed by atoms with E-state index in [1.807, 2.05) is 0 Å². The molecule has 1 aromatic rings. The summed E-state index contributed by atoms with van der Waals surface area (Å²) in [5.41, 5.74) is -1.81. The van der Waals surface area contributed by atoms with Crippen molar-refractivity contribution in [3.63, 3.8) is 0 Å². The van der Waals surface area contributed by atoms with Gasteiger partial charge in [-0.15, -0.1) is 0 Å². The first-order valence-corrected chi connectivity index (χ1v) is 7.07. The number of thioether (sulfide) groups is 1. The zero-order chi connectivity index (χ0) is 14.7. The van der Waals surface area contributed by atoms with Crippen LogP contribution in [0.1, 0.15) is 23.2 Å². The van der Waals surface area contributed by atoms with E-state index in [9.17, 15) is 23.7 Å². The van der Waals surface area contributed by atoms with Gasteiger partial charge in [-0.05, 0) is 24.7 Å². The molecular formula is C12H12F2N2O3S. The molecule has 0 aromatic heterocycles. The number of hydrogen-bond acceptors (Lipinski definition) is 4. The van der Waals surface area contributed by atoms with Crippen molar-refractivity contribution in [1.82, 2.24) is 5.32 Å². The smallest absolute Gasteiger partial charge is 0.305 e. The molecule has 1 amide bonds. The fourth-order valence-corrected chi connectivity index (χ4v) is 3.19. The minimum Gasteiger partial charge on any atom is -0.351 e. The highest BCUT2D eigenvalue weighted by molar-refractivity contribution is 8.00. The Morgan fingerprint density at radius 1 is 1.50 bits per heavy atom. The van der Waals surface area contributed by atoms with Crippen LogP contribution in [-0.4, -0.2) is 28.4 Å². The van der Waals surface area contributed by atoms with Gasteiger partial charge in [0.1, 0.15) is 11.4 Å². The van der Waals surface area contributed by atoms with Crippen LogP contribution in [0.25, 0.3) is 0 Å². The molecule has 1 unspecified atom stereocenters. The van der Waals surface area contributed by atoms with Crippen LogP contribution < -0.4 is 5.32 Å². The van der Waals surface area contributed by atoms with Crippen molar-refractivity contribution >= 4 is 23.4 Å². The number of carbonyl (C=O) groups excluding carboxylic acids is 1. The number of carbonyl (C=O) groups is 1. The number of amides is 1. The number of nitrogens with one attached hydrogen (secondary N) is 1. The Hall–Kier alpha value is -1.70. The van der Waals surface area contributed by atoms with E-state index >= 15 is 0 Å². The summed E-state index contributed by atoms with van der Waals surface area (Å²) in [4.78, 5) is 21.4. The largest absolute Gasteiger partial charge is 0.351 e. The molecule has 1 aliphatic heterocycles. The van der Waals surface area contributed by atoms with Gasteiger partial charge in [-0.1, -0.05) is 0 Å². The molecule has 0 bridgehead atoms.